The third-order valence-electron chi connectivity index (χ3n) is 3.57. The van der Waals surface area contributed by atoms with E-state index in [1.54, 1.807) is 0 Å². The van der Waals surface area contributed by atoms with Crippen LogP contribution in [0.5, 0.6) is 5.75 Å². The van der Waals surface area contributed by atoms with Crippen LogP contribution < -0.4 is 10.1 Å². The molecule has 0 radical (unpaired) electrons. The predicted molar refractivity (Wildman–Crippen MR) is 90.4 cm³/mol. The Morgan fingerprint density at radius 1 is 0.950 bits per heavy atom. The topological polar surface area (TPSA) is 21.3 Å². The van der Waals surface area contributed by atoms with Crippen molar-refractivity contribution >= 4 is 12.4 Å². The summed E-state index contributed by atoms with van der Waals surface area (Å²) in [6.07, 6.45) is 4.85. The maximum absolute atomic E-state index is 5.95. The summed E-state index contributed by atoms with van der Waals surface area (Å²) in [5.41, 5.74) is 3.83. The van der Waals surface area contributed by atoms with E-state index in [1.807, 2.05) is 0 Å². The van der Waals surface area contributed by atoms with Crippen molar-refractivity contribution in [3.05, 3.63) is 28.8 Å². The normalized spacial score (nSPS) is 10.2. The van der Waals surface area contributed by atoms with Gasteiger partial charge in [-0.1, -0.05) is 25.5 Å². The van der Waals surface area contributed by atoms with Crippen LogP contribution >= 0.6 is 12.4 Å². The van der Waals surface area contributed by atoms with Gasteiger partial charge in [0.1, 0.15) is 5.75 Å². The Hall–Kier alpha value is -0.730. The number of hydrogen-bond donors (Lipinski definition) is 1. The van der Waals surface area contributed by atoms with Gasteiger partial charge in [0, 0.05) is 0 Å². The largest absolute Gasteiger partial charge is 0.493 e. The number of rotatable bonds is 9. The zero-order valence-corrected chi connectivity index (χ0v) is 14.2. The highest BCUT2D eigenvalue weighted by molar-refractivity contribution is 5.85. The molecule has 0 heterocycles. The zero-order chi connectivity index (χ0) is 14.1. The molecule has 1 rings (SSSR count). The molecule has 1 aromatic rings. The third-order valence-corrected chi connectivity index (χ3v) is 3.57. The smallest absolute Gasteiger partial charge is 0.125 e. The number of ether oxygens (including phenoxy) is 1. The summed E-state index contributed by atoms with van der Waals surface area (Å²) >= 11 is 0. The van der Waals surface area contributed by atoms with Crippen LogP contribution in [0.15, 0.2) is 12.1 Å². The van der Waals surface area contributed by atoms with Gasteiger partial charge in [-0.05, 0) is 69.8 Å². The standard InChI is InChI=1S/C17H29NO.ClH/c1-5-6-11-18-12-7-8-13-19-17-15(3)10-9-14(2)16(17)4;/h9-10,18H,5-8,11-13H2,1-4H3;1H. The van der Waals surface area contributed by atoms with Crippen LogP contribution in [0.2, 0.25) is 0 Å². The number of unbranched alkanes of at least 4 members (excludes halogenated alkanes) is 2. The van der Waals surface area contributed by atoms with Crippen molar-refractivity contribution in [2.24, 2.45) is 0 Å². The van der Waals surface area contributed by atoms with Crippen LogP contribution in [0.25, 0.3) is 0 Å². The fourth-order valence-electron chi connectivity index (χ4n) is 2.10. The summed E-state index contributed by atoms with van der Waals surface area (Å²) in [4.78, 5) is 0. The molecule has 2 nitrogen and oxygen atoms in total. The molecule has 0 aliphatic rings. The van der Waals surface area contributed by atoms with Gasteiger partial charge in [-0.25, -0.2) is 0 Å². The molecule has 0 atom stereocenters. The maximum atomic E-state index is 5.95. The van der Waals surface area contributed by atoms with Crippen molar-refractivity contribution < 1.29 is 4.74 Å². The Balaban J connectivity index is 0.00000361. The Labute approximate surface area is 130 Å². The second kappa shape index (κ2) is 11.0. The van der Waals surface area contributed by atoms with Crippen molar-refractivity contribution in [3.63, 3.8) is 0 Å². The molecule has 1 aromatic carbocycles. The monoisotopic (exact) mass is 299 g/mol. The van der Waals surface area contributed by atoms with Crippen LogP contribution in [0.4, 0.5) is 0 Å². The Bertz CT molecular complexity index is 379. The minimum absolute atomic E-state index is 0. The number of nitrogens with one attached hydrogen (secondary N) is 1. The number of hydrogen-bond acceptors (Lipinski definition) is 2. The fourth-order valence-corrected chi connectivity index (χ4v) is 2.10. The van der Waals surface area contributed by atoms with E-state index >= 15 is 0 Å². The highest BCUT2D eigenvalue weighted by Gasteiger charge is 2.05. The van der Waals surface area contributed by atoms with Gasteiger partial charge in [0.15, 0.2) is 0 Å². The van der Waals surface area contributed by atoms with Crippen molar-refractivity contribution in [3.8, 4) is 5.75 Å². The second-order valence-corrected chi connectivity index (χ2v) is 5.31. The van der Waals surface area contributed by atoms with Gasteiger partial charge in [-0.3, -0.25) is 0 Å². The van der Waals surface area contributed by atoms with Crippen molar-refractivity contribution in [2.75, 3.05) is 19.7 Å². The highest BCUT2D eigenvalue weighted by Crippen LogP contribution is 2.25. The van der Waals surface area contributed by atoms with E-state index in [4.69, 9.17) is 4.74 Å². The minimum Gasteiger partial charge on any atom is -0.493 e. The zero-order valence-electron chi connectivity index (χ0n) is 13.4. The van der Waals surface area contributed by atoms with Crippen LogP contribution in [0, 0.1) is 20.8 Å². The fraction of sp³-hybridized carbons (Fsp3) is 0.647. The molecule has 0 aromatic heterocycles. The van der Waals surface area contributed by atoms with Gasteiger partial charge in [-0.2, -0.15) is 0 Å². The molecule has 20 heavy (non-hydrogen) atoms. The van der Waals surface area contributed by atoms with Gasteiger partial charge >= 0.3 is 0 Å². The van der Waals surface area contributed by atoms with Crippen molar-refractivity contribution in [1.82, 2.24) is 5.32 Å². The molecular formula is C17H30ClNO. The molecule has 3 heteroatoms. The molecule has 0 amide bonds. The van der Waals surface area contributed by atoms with E-state index in [2.05, 4.69) is 45.1 Å². The van der Waals surface area contributed by atoms with Gasteiger partial charge in [0.25, 0.3) is 0 Å². The van der Waals surface area contributed by atoms with Crippen LogP contribution in [0.3, 0.4) is 0 Å². The summed E-state index contributed by atoms with van der Waals surface area (Å²) in [6.45, 7) is 11.7. The molecule has 0 saturated carbocycles. The summed E-state index contributed by atoms with van der Waals surface area (Å²) < 4.78 is 5.95. The quantitative estimate of drug-likeness (QED) is 0.674. The van der Waals surface area contributed by atoms with Crippen molar-refractivity contribution in [2.45, 2.75) is 53.4 Å². The van der Waals surface area contributed by atoms with Gasteiger partial charge in [0.2, 0.25) is 0 Å². The molecule has 0 spiro atoms. The van der Waals surface area contributed by atoms with Crippen molar-refractivity contribution in [1.29, 1.82) is 0 Å². The molecule has 116 valence electrons. The molecule has 0 fully saturated rings. The average molecular weight is 300 g/mol. The Morgan fingerprint density at radius 3 is 2.30 bits per heavy atom. The second-order valence-electron chi connectivity index (χ2n) is 5.31. The molecule has 0 unspecified atom stereocenters. The first-order valence-corrected chi connectivity index (χ1v) is 7.57. The van der Waals surface area contributed by atoms with Gasteiger partial charge in [-0.15, -0.1) is 12.4 Å². The lowest BCUT2D eigenvalue weighted by molar-refractivity contribution is 0.301. The van der Waals surface area contributed by atoms with Crippen LogP contribution in [0.1, 0.15) is 49.3 Å². The lowest BCUT2D eigenvalue weighted by Crippen LogP contribution is -2.17. The molecule has 0 aliphatic carbocycles. The van der Waals surface area contributed by atoms with E-state index in [9.17, 15) is 0 Å². The van der Waals surface area contributed by atoms with Crippen LogP contribution in [-0.4, -0.2) is 19.7 Å². The maximum Gasteiger partial charge on any atom is 0.125 e. The summed E-state index contributed by atoms with van der Waals surface area (Å²) in [5.74, 6) is 1.08. The number of halogens is 1. The van der Waals surface area contributed by atoms with E-state index in [1.165, 1.54) is 36.0 Å². The highest BCUT2D eigenvalue weighted by atomic mass is 35.5. The molecule has 0 aliphatic heterocycles. The SMILES string of the molecule is CCCCNCCCCOc1c(C)ccc(C)c1C.Cl. The van der Waals surface area contributed by atoms with E-state index in [-0.39, 0.29) is 12.4 Å². The number of aryl methyl sites for hydroxylation is 2. The summed E-state index contributed by atoms with van der Waals surface area (Å²) in [7, 11) is 0. The summed E-state index contributed by atoms with van der Waals surface area (Å²) in [6, 6.07) is 4.30. The van der Waals surface area contributed by atoms with E-state index < -0.39 is 0 Å². The van der Waals surface area contributed by atoms with E-state index in [0.29, 0.717) is 0 Å². The first-order valence-electron chi connectivity index (χ1n) is 7.57. The lowest BCUT2D eigenvalue weighted by atomic mass is 10.1. The van der Waals surface area contributed by atoms with Crippen LogP contribution in [-0.2, 0) is 0 Å². The molecular weight excluding hydrogens is 270 g/mol. The summed E-state index contributed by atoms with van der Waals surface area (Å²) in [5, 5.41) is 3.46. The first kappa shape index (κ1) is 19.3. The third kappa shape index (κ3) is 6.62. The Morgan fingerprint density at radius 2 is 1.60 bits per heavy atom. The molecule has 0 bridgehead atoms. The minimum atomic E-state index is 0. The molecule has 0 saturated heterocycles. The first-order chi connectivity index (χ1) is 9.16. The predicted octanol–water partition coefficient (Wildman–Crippen LogP) is 4.58. The van der Waals surface area contributed by atoms with Gasteiger partial charge < -0.3 is 10.1 Å². The Kier molecular flexibility index (Phi) is 10.6. The average Bonchev–Trinajstić information content (AvgIpc) is 2.40. The lowest BCUT2D eigenvalue weighted by Gasteiger charge is -2.14. The van der Waals surface area contributed by atoms with Gasteiger partial charge in [0.05, 0.1) is 6.61 Å². The number of benzene rings is 1. The van der Waals surface area contributed by atoms with E-state index in [0.717, 1.165) is 31.9 Å². The molecule has 1 N–H and O–H groups in total.